The van der Waals surface area contributed by atoms with Crippen molar-refractivity contribution in [2.75, 3.05) is 11.5 Å². The van der Waals surface area contributed by atoms with E-state index in [1.807, 2.05) is 103 Å². The first-order valence-corrected chi connectivity index (χ1v) is 12.4. The minimum atomic E-state index is -0.791. The Morgan fingerprint density at radius 1 is 0.816 bits per heavy atom. The fourth-order valence-electron chi connectivity index (χ4n) is 4.26. The Bertz CT molecular complexity index is 1360. The molecule has 38 heavy (non-hydrogen) atoms. The average Bonchev–Trinajstić information content (AvgIpc) is 2.93. The van der Waals surface area contributed by atoms with E-state index < -0.39 is 11.9 Å². The molecule has 194 valence electrons. The molecule has 0 aliphatic rings. The minimum absolute atomic E-state index is 0.0231. The highest BCUT2D eigenvalue weighted by Gasteiger charge is 2.28. The Labute approximate surface area is 223 Å². The van der Waals surface area contributed by atoms with Gasteiger partial charge in [0.15, 0.2) is 11.5 Å². The second kappa shape index (κ2) is 12.5. The molecule has 4 aromatic rings. The molecule has 1 unspecified atom stereocenters. The fraction of sp³-hybridized carbons (Fsp3) is 0.161. The second-order valence-electron chi connectivity index (χ2n) is 8.79. The monoisotopic (exact) mass is 508 g/mol. The van der Waals surface area contributed by atoms with Gasteiger partial charge in [0.1, 0.15) is 18.5 Å². The highest BCUT2D eigenvalue weighted by atomic mass is 16.5. The number of anilines is 1. The maximum atomic E-state index is 13.0. The molecule has 4 rings (SSSR count). The van der Waals surface area contributed by atoms with Crippen molar-refractivity contribution in [3.05, 3.63) is 125 Å². The Hall–Kier alpha value is -4.78. The van der Waals surface area contributed by atoms with Crippen LogP contribution in [-0.2, 0) is 17.9 Å². The Morgan fingerprint density at radius 2 is 1.45 bits per heavy atom. The third kappa shape index (κ3) is 6.50. The molecule has 7 heteroatoms. The molecule has 5 N–H and O–H groups in total. The molecule has 0 bridgehead atoms. The summed E-state index contributed by atoms with van der Waals surface area (Å²) in [5.74, 6) is 0.601. The number of nitrogen functional groups attached to an aromatic ring is 1. The van der Waals surface area contributed by atoms with E-state index in [0.29, 0.717) is 42.4 Å². The van der Waals surface area contributed by atoms with Gasteiger partial charge in [0.25, 0.3) is 0 Å². The van der Waals surface area contributed by atoms with Crippen LogP contribution < -0.4 is 25.8 Å². The van der Waals surface area contributed by atoms with Gasteiger partial charge in [0, 0.05) is 17.8 Å². The number of carbonyl (C=O) groups is 1. The van der Waals surface area contributed by atoms with Crippen LogP contribution in [0, 0.1) is 5.41 Å². The van der Waals surface area contributed by atoms with Crippen LogP contribution in [0.4, 0.5) is 5.69 Å². The van der Waals surface area contributed by atoms with Crippen molar-refractivity contribution >= 4 is 17.4 Å². The van der Waals surface area contributed by atoms with Gasteiger partial charge < -0.3 is 25.8 Å². The Kier molecular flexibility index (Phi) is 8.61. The van der Waals surface area contributed by atoms with Gasteiger partial charge in [-0.15, -0.1) is 0 Å². The topological polar surface area (TPSA) is 115 Å². The molecule has 0 aliphatic carbocycles. The lowest BCUT2D eigenvalue weighted by Crippen LogP contribution is -2.37. The van der Waals surface area contributed by atoms with Crippen molar-refractivity contribution in [1.82, 2.24) is 0 Å². The summed E-state index contributed by atoms with van der Waals surface area (Å²) in [6.07, 6.45) is 0. The van der Waals surface area contributed by atoms with Gasteiger partial charge in [0.2, 0.25) is 5.91 Å². The van der Waals surface area contributed by atoms with Gasteiger partial charge in [-0.2, -0.15) is 0 Å². The van der Waals surface area contributed by atoms with Crippen molar-refractivity contribution in [3.8, 4) is 11.5 Å². The molecule has 0 aromatic heterocycles. The number of amides is 1. The van der Waals surface area contributed by atoms with Gasteiger partial charge in [-0.3, -0.25) is 10.2 Å². The minimum Gasteiger partial charge on any atom is -0.490 e. The van der Waals surface area contributed by atoms with Crippen molar-refractivity contribution in [3.63, 3.8) is 0 Å². The summed E-state index contributed by atoms with van der Waals surface area (Å²) in [4.78, 5) is 14.9. The molecule has 0 fully saturated rings. The molecule has 1 amide bonds. The molecule has 0 spiro atoms. The molecule has 0 radical (unpaired) electrons. The van der Waals surface area contributed by atoms with Gasteiger partial charge in [-0.1, -0.05) is 66.7 Å². The normalized spacial score (nSPS) is 11.4. The number of rotatable bonds is 12. The van der Waals surface area contributed by atoms with Crippen LogP contribution >= 0.6 is 0 Å². The number of primary amides is 1. The molecule has 0 aliphatic heterocycles. The van der Waals surface area contributed by atoms with Crippen LogP contribution in [0.1, 0.15) is 35.2 Å². The van der Waals surface area contributed by atoms with E-state index in [1.54, 1.807) is 12.1 Å². The van der Waals surface area contributed by atoms with Crippen LogP contribution in [0.3, 0.4) is 0 Å². The third-order valence-corrected chi connectivity index (χ3v) is 6.11. The highest BCUT2D eigenvalue weighted by Crippen LogP contribution is 2.35. The zero-order chi connectivity index (χ0) is 26.9. The lowest BCUT2D eigenvalue weighted by molar-refractivity contribution is -0.119. The molecule has 1 atom stereocenters. The van der Waals surface area contributed by atoms with E-state index >= 15 is 0 Å². The molecule has 4 aromatic carbocycles. The number of ether oxygens (including phenoxy) is 2. The Balaban J connectivity index is 1.71. The fourth-order valence-corrected chi connectivity index (χ4v) is 4.26. The SMILES string of the molecule is CCOc1cc(C(C(N)=O)N(Cc2ccccc2)c2ccc(C(=N)N)cc2)ccc1OCc1ccccc1. The van der Waals surface area contributed by atoms with Crippen molar-refractivity contribution < 1.29 is 14.3 Å². The summed E-state index contributed by atoms with van der Waals surface area (Å²) >= 11 is 0. The van der Waals surface area contributed by atoms with Crippen LogP contribution in [0.25, 0.3) is 0 Å². The first-order valence-electron chi connectivity index (χ1n) is 12.4. The lowest BCUT2D eigenvalue weighted by Gasteiger charge is -2.32. The third-order valence-electron chi connectivity index (χ3n) is 6.11. The van der Waals surface area contributed by atoms with Crippen LogP contribution in [-0.4, -0.2) is 18.3 Å². The summed E-state index contributed by atoms with van der Waals surface area (Å²) in [6.45, 7) is 3.16. The number of nitrogens with two attached hydrogens (primary N) is 2. The van der Waals surface area contributed by atoms with Crippen molar-refractivity contribution in [2.45, 2.75) is 26.1 Å². The Morgan fingerprint density at radius 3 is 2.03 bits per heavy atom. The largest absolute Gasteiger partial charge is 0.490 e. The van der Waals surface area contributed by atoms with Gasteiger partial charge in [-0.05, 0) is 60.0 Å². The number of benzene rings is 4. The van der Waals surface area contributed by atoms with Gasteiger partial charge in [0.05, 0.1) is 6.61 Å². The smallest absolute Gasteiger partial charge is 0.244 e. The number of hydrogen-bond donors (Lipinski definition) is 3. The number of nitrogens with zero attached hydrogens (tertiary/aromatic N) is 1. The summed E-state index contributed by atoms with van der Waals surface area (Å²) in [5, 5.41) is 7.72. The zero-order valence-corrected chi connectivity index (χ0v) is 21.3. The second-order valence-corrected chi connectivity index (χ2v) is 8.79. The highest BCUT2D eigenvalue weighted by molar-refractivity contribution is 5.95. The van der Waals surface area contributed by atoms with E-state index in [2.05, 4.69) is 0 Å². The molecular weight excluding hydrogens is 476 g/mol. The first-order chi connectivity index (χ1) is 18.5. The maximum Gasteiger partial charge on any atom is 0.244 e. The van der Waals surface area contributed by atoms with Crippen molar-refractivity contribution in [2.24, 2.45) is 11.5 Å². The van der Waals surface area contributed by atoms with Gasteiger partial charge in [-0.25, -0.2) is 0 Å². The van der Waals surface area contributed by atoms with E-state index in [1.165, 1.54) is 0 Å². The molecule has 0 saturated carbocycles. The summed E-state index contributed by atoms with van der Waals surface area (Å²) in [6, 6.07) is 31.7. The molecule has 0 saturated heterocycles. The number of carbonyl (C=O) groups excluding carboxylic acids is 1. The predicted octanol–water partition coefficient (Wildman–Crippen LogP) is 5.18. The zero-order valence-electron chi connectivity index (χ0n) is 21.3. The van der Waals surface area contributed by atoms with E-state index in [4.69, 9.17) is 26.4 Å². The van der Waals surface area contributed by atoms with Crippen molar-refractivity contribution in [1.29, 1.82) is 5.41 Å². The standard InChI is InChI=1S/C31H32N4O3/c1-2-37-28-19-25(15-18-27(28)38-21-23-11-7-4-8-12-23)29(31(34)36)35(20-22-9-5-3-6-10-22)26-16-13-24(14-17-26)30(32)33/h3-19,29H,2,20-21H2,1H3,(H3,32,33)(H2,34,36). The molecule has 7 nitrogen and oxygen atoms in total. The first kappa shape index (κ1) is 26.3. The maximum absolute atomic E-state index is 13.0. The van der Waals surface area contributed by atoms with Crippen LogP contribution in [0.5, 0.6) is 11.5 Å². The summed E-state index contributed by atoms with van der Waals surface area (Å²) < 4.78 is 12.0. The molecular formula is C31H32N4O3. The van der Waals surface area contributed by atoms with E-state index in [9.17, 15) is 4.79 Å². The number of nitrogens with one attached hydrogen (secondary N) is 1. The van der Waals surface area contributed by atoms with Crippen LogP contribution in [0.15, 0.2) is 103 Å². The summed E-state index contributed by atoms with van der Waals surface area (Å²) in [5.41, 5.74) is 15.8. The van der Waals surface area contributed by atoms with E-state index in [-0.39, 0.29) is 5.84 Å². The average molecular weight is 509 g/mol. The van der Waals surface area contributed by atoms with Crippen LogP contribution in [0.2, 0.25) is 0 Å². The number of hydrogen-bond acceptors (Lipinski definition) is 5. The summed E-state index contributed by atoms with van der Waals surface area (Å²) in [7, 11) is 0. The predicted molar refractivity (Wildman–Crippen MR) is 150 cm³/mol. The van der Waals surface area contributed by atoms with E-state index in [0.717, 1.165) is 16.8 Å². The van der Waals surface area contributed by atoms with Gasteiger partial charge >= 0.3 is 0 Å². The number of amidine groups is 1. The molecule has 0 heterocycles. The quantitative estimate of drug-likeness (QED) is 0.180. The lowest BCUT2D eigenvalue weighted by atomic mass is 10.0.